The van der Waals surface area contributed by atoms with Gasteiger partial charge in [0.15, 0.2) is 0 Å². The minimum Gasteiger partial charge on any atom is -0.299 e. The van der Waals surface area contributed by atoms with E-state index in [4.69, 9.17) is 0 Å². The Labute approximate surface area is 42.6 Å². The molecule has 0 aliphatic rings. The van der Waals surface area contributed by atoms with Crippen molar-refractivity contribution >= 4 is 12.5 Å². The first kappa shape index (κ1) is 6.08. The molecular weight excluding hydrogens is 90.1 g/mol. The number of nitrogens with zero attached hydrogens (tertiary/aromatic N) is 1. The summed E-state index contributed by atoms with van der Waals surface area (Å²) >= 11 is 0. The second-order valence-electron chi connectivity index (χ2n) is 0.885. The minimum absolute atomic E-state index is 0.688. The second-order valence-corrected chi connectivity index (χ2v) is 0.885. The van der Waals surface area contributed by atoms with Gasteiger partial charge in [0.1, 0.15) is 6.29 Å². The fraction of sp³-hybridized carbons (Fsp3) is 0.200. The highest BCUT2D eigenvalue weighted by Crippen LogP contribution is 1.65. The molecule has 0 rings (SSSR count). The number of hydrogen-bond donors (Lipinski definition) is 0. The van der Waals surface area contributed by atoms with Crippen LogP contribution in [0.25, 0.3) is 0 Å². The number of rotatable bonds is 2. The Morgan fingerprint density at radius 1 is 1.57 bits per heavy atom. The lowest BCUT2D eigenvalue weighted by Gasteiger charge is -1.64. The smallest absolute Gasteiger partial charge is 0.144 e. The van der Waals surface area contributed by atoms with E-state index < -0.39 is 0 Å². The van der Waals surface area contributed by atoms with Crippen molar-refractivity contribution in [2.24, 2.45) is 4.99 Å². The molecule has 0 aromatic rings. The predicted molar refractivity (Wildman–Crippen MR) is 29.4 cm³/mol. The fourth-order valence-electron chi connectivity index (χ4n) is 0.171. The van der Waals surface area contributed by atoms with E-state index in [9.17, 15) is 4.79 Å². The van der Waals surface area contributed by atoms with Crippen molar-refractivity contribution in [3.8, 4) is 0 Å². The molecule has 0 bridgehead atoms. The van der Waals surface area contributed by atoms with Crippen LogP contribution in [0.2, 0.25) is 0 Å². The predicted octanol–water partition coefficient (Wildman–Crippen LogP) is 0.790. The maximum absolute atomic E-state index is 9.52. The zero-order valence-corrected chi connectivity index (χ0v) is 4.16. The highest BCUT2D eigenvalue weighted by atomic mass is 16.1. The monoisotopic (exact) mass is 97.1 g/mol. The summed E-state index contributed by atoms with van der Waals surface area (Å²) in [4.78, 5) is 13.1. The number of hydrogen-bond acceptors (Lipinski definition) is 2. The lowest BCUT2D eigenvalue weighted by atomic mass is 10.7. The fourth-order valence-corrected chi connectivity index (χ4v) is 0.171. The van der Waals surface area contributed by atoms with Gasteiger partial charge in [-0.2, -0.15) is 0 Å². The molecule has 0 unspecified atom stereocenters. The van der Waals surface area contributed by atoms with Gasteiger partial charge < -0.3 is 0 Å². The lowest BCUT2D eigenvalue weighted by Crippen LogP contribution is -1.57. The van der Waals surface area contributed by atoms with Crippen molar-refractivity contribution in [1.29, 1.82) is 0 Å². The van der Waals surface area contributed by atoms with E-state index in [-0.39, 0.29) is 0 Å². The van der Waals surface area contributed by atoms with Gasteiger partial charge in [0, 0.05) is 12.4 Å². The van der Waals surface area contributed by atoms with E-state index in [1.165, 1.54) is 12.3 Å². The Kier molecular flexibility index (Phi) is 4.41. The Hall–Kier alpha value is -0.920. The van der Waals surface area contributed by atoms with Crippen LogP contribution >= 0.6 is 0 Å². The van der Waals surface area contributed by atoms with Crippen LogP contribution < -0.4 is 0 Å². The van der Waals surface area contributed by atoms with Crippen LogP contribution in [-0.2, 0) is 4.79 Å². The van der Waals surface area contributed by atoms with Gasteiger partial charge in [0.25, 0.3) is 0 Å². The third-order valence-corrected chi connectivity index (χ3v) is 0.400. The molecule has 2 nitrogen and oxygen atoms in total. The first-order chi connectivity index (χ1) is 3.41. The van der Waals surface area contributed by atoms with Crippen molar-refractivity contribution in [1.82, 2.24) is 0 Å². The minimum atomic E-state index is 0.688. The number of aliphatic imine (C=N–C) groups is 1. The summed E-state index contributed by atoms with van der Waals surface area (Å²) in [5.74, 6) is 0. The third kappa shape index (κ3) is 5.08. The van der Waals surface area contributed by atoms with Gasteiger partial charge in [-0.3, -0.25) is 9.79 Å². The van der Waals surface area contributed by atoms with E-state index >= 15 is 0 Å². The van der Waals surface area contributed by atoms with Gasteiger partial charge in [0.2, 0.25) is 0 Å². The molecule has 0 heterocycles. The molecule has 0 fully saturated rings. The van der Waals surface area contributed by atoms with Gasteiger partial charge >= 0.3 is 0 Å². The van der Waals surface area contributed by atoms with Gasteiger partial charge in [-0.05, 0) is 13.0 Å². The first-order valence-corrected chi connectivity index (χ1v) is 2.00. The van der Waals surface area contributed by atoms with E-state index in [0.717, 1.165) is 0 Å². The molecule has 0 spiro atoms. The molecule has 0 N–H and O–H groups in total. The van der Waals surface area contributed by atoms with Gasteiger partial charge in [-0.1, -0.05) is 0 Å². The Morgan fingerprint density at radius 2 is 2.29 bits per heavy atom. The lowest BCUT2D eigenvalue weighted by molar-refractivity contribution is -0.104. The highest BCUT2D eigenvalue weighted by molar-refractivity contribution is 5.65. The number of allylic oxidation sites excluding steroid dienone is 1. The molecule has 2 heteroatoms. The molecule has 0 aliphatic carbocycles. The van der Waals surface area contributed by atoms with Crippen LogP contribution in [0.3, 0.4) is 0 Å². The molecule has 0 saturated heterocycles. The van der Waals surface area contributed by atoms with Crippen molar-refractivity contribution in [2.45, 2.75) is 6.92 Å². The second kappa shape index (κ2) is 5.08. The molecule has 38 valence electrons. The number of carbonyl (C=O) groups is 1. The van der Waals surface area contributed by atoms with E-state index in [0.29, 0.717) is 6.29 Å². The molecule has 0 saturated carbocycles. The summed E-state index contributed by atoms with van der Waals surface area (Å²) in [6.45, 7) is 1.79. The zero-order chi connectivity index (χ0) is 5.54. The Bertz CT molecular complexity index is 94.3. The third-order valence-electron chi connectivity index (χ3n) is 0.400. The SMILES string of the molecule is CC=NC=CC=O. The van der Waals surface area contributed by atoms with E-state index in [2.05, 4.69) is 4.99 Å². The molecule has 0 aliphatic heterocycles. The van der Waals surface area contributed by atoms with Crippen LogP contribution in [0, 0.1) is 0 Å². The standard InChI is InChI=1S/C5H7NO/c1-2-6-4-3-5-7/h2-5H,1H3. The Morgan fingerprint density at radius 3 is 2.71 bits per heavy atom. The summed E-state index contributed by atoms with van der Waals surface area (Å²) < 4.78 is 0. The number of aldehydes is 1. The van der Waals surface area contributed by atoms with Gasteiger partial charge in [0.05, 0.1) is 0 Å². The quantitative estimate of drug-likeness (QED) is 0.284. The summed E-state index contributed by atoms with van der Waals surface area (Å²) in [5, 5.41) is 0. The molecule has 0 aromatic heterocycles. The van der Waals surface area contributed by atoms with Crippen molar-refractivity contribution < 1.29 is 4.79 Å². The Balaban J connectivity index is 3.27. The van der Waals surface area contributed by atoms with Crippen LogP contribution in [0.5, 0.6) is 0 Å². The molecule has 7 heavy (non-hydrogen) atoms. The largest absolute Gasteiger partial charge is 0.299 e. The van der Waals surface area contributed by atoms with Crippen LogP contribution in [-0.4, -0.2) is 12.5 Å². The van der Waals surface area contributed by atoms with Crippen molar-refractivity contribution in [3.63, 3.8) is 0 Å². The molecular formula is C5H7NO. The first-order valence-electron chi connectivity index (χ1n) is 2.00. The number of carbonyl (C=O) groups excluding carboxylic acids is 1. The summed E-state index contributed by atoms with van der Waals surface area (Å²) in [6, 6.07) is 0. The van der Waals surface area contributed by atoms with Gasteiger partial charge in [-0.15, -0.1) is 0 Å². The van der Waals surface area contributed by atoms with Crippen molar-refractivity contribution in [3.05, 3.63) is 12.3 Å². The molecule has 0 radical (unpaired) electrons. The molecule has 0 aromatic carbocycles. The van der Waals surface area contributed by atoms with Crippen LogP contribution in [0.4, 0.5) is 0 Å². The summed E-state index contributed by atoms with van der Waals surface area (Å²) in [5.41, 5.74) is 0. The zero-order valence-electron chi connectivity index (χ0n) is 4.16. The van der Waals surface area contributed by atoms with Crippen molar-refractivity contribution in [2.75, 3.05) is 0 Å². The maximum atomic E-state index is 9.52. The van der Waals surface area contributed by atoms with Gasteiger partial charge in [-0.25, -0.2) is 0 Å². The van der Waals surface area contributed by atoms with Crippen LogP contribution in [0.1, 0.15) is 6.92 Å². The topological polar surface area (TPSA) is 29.4 Å². The van der Waals surface area contributed by atoms with Crippen LogP contribution in [0.15, 0.2) is 17.3 Å². The molecule has 0 amide bonds. The average molecular weight is 97.1 g/mol. The molecule has 0 atom stereocenters. The average Bonchev–Trinajstić information content (AvgIpc) is 1.69. The summed E-state index contributed by atoms with van der Waals surface area (Å²) in [7, 11) is 0. The normalized spacial score (nSPS) is 11.0. The summed E-state index contributed by atoms with van der Waals surface area (Å²) in [6.07, 6.45) is 5.07. The van der Waals surface area contributed by atoms with E-state index in [1.807, 2.05) is 0 Å². The van der Waals surface area contributed by atoms with E-state index in [1.54, 1.807) is 13.1 Å². The maximum Gasteiger partial charge on any atom is 0.144 e. The highest BCUT2D eigenvalue weighted by Gasteiger charge is 1.56.